The molecule has 271 valence electrons. The van der Waals surface area contributed by atoms with Crippen LogP contribution < -0.4 is 4.74 Å². The van der Waals surface area contributed by atoms with Gasteiger partial charge in [0.1, 0.15) is 5.75 Å². The van der Waals surface area contributed by atoms with E-state index in [2.05, 4.69) is 200 Å². The lowest BCUT2D eigenvalue weighted by molar-refractivity contribution is 0.157. The molecule has 0 atom stereocenters. The smallest absolute Gasteiger partial charge is 0.186 e. The molecule has 9 aromatic rings. The van der Waals surface area contributed by atoms with E-state index in [0.29, 0.717) is 5.02 Å². The van der Waals surface area contributed by atoms with Gasteiger partial charge in [0.25, 0.3) is 0 Å². The molecule has 0 aromatic heterocycles. The number of rotatable bonds is 10. The summed E-state index contributed by atoms with van der Waals surface area (Å²) in [5, 5.41) is 0.607. The average Bonchev–Trinajstić information content (AvgIpc) is 3.30. The van der Waals surface area contributed by atoms with Crippen molar-refractivity contribution >= 4 is 11.6 Å². The second kappa shape index (κ2) is 16.0. The molecule has 57 heavy (non-hydrogen) atoms. The number of halogens is 1. The van der Waals surface area contributed by atoms with E-state index in [1.807, 2.05) is 36.4 Å². The summed E-state index contributed by atoms with van der Waals surface area (Å²) in [7, 11) is 0. The number of hydrogen-bond acceptors (Lipinski definition) is 1. The molecular formula is C55H38ClO. The predicted molar refractivity (Wildman–Crippen MR) is 237 cm³/mol. The van der Waals surface area contributed by atoms with Crippen LogP contribution >= 0.6 is 11.6 Å². The Labute approximate surface area is 340 Å². The molecule has 0 unspecified atom stereocenters. The summed E-state index contributed by atoms with van der Waals surface area (Å²) in [4.78, 5) is 0. The summed E-state index contributed by atoms with van der Waals surface area (Å²) >= 11 is 7.32. The normalized spacial score (nSPS) is 11.2. The molecule has 9 aromatic carbocycles. The highest BCUT2D eigenvalue weighted by molar-refractivity contribution is 6.31. The Morgan fingerprint density at radius 2 is 0.667 bits per heavy atom. The first-order valence-corrected chi connectivity index (χ1v) is 19.6. The van der Waals surface area contributed by atoms with Gasteiger partial charge in [-0.15, -0.1) is 0 Å². The van der Waals surface area contributed by atoms with Crippen LogP contribution in [0.25, 0.3) is 55.6 Å². The molecule has 0 spiro atoms. The summed E-state index contributed by atoms with van der Waals surface area (Å²) in [6.45, 7) is 0. The lowest BCUT2D eigenvalue weighted by Crippen LogP contribution is -2.37. The molecule has 9 rings (SSSR count). The van der Waals surface area contributed by atoms with Crippen molar-refractivity contribution in [1.29, 1.82) is 0 Å². The maximum absolute atomic E-state index is 8.13. The monoisotopic (exact) mass is 749 g/mol. The van der Waals surface area contributed by atoms with Gasteiger partial charge in [-0.2, -0.15) is 0 Å². The van der Waals surface area contributed by atoms with Gasteiger partial charge in [-0.05, 0) is 39.4 Å². The van der Waals surface area contributed by atoms with Crippen molar-refractivity contribution in [2.24, 2.45) is 0 Å². The van der Waals surface area contributed by atoms with E-state index in [1.165, 1.54) is 5.56 Å². The van der Waals surface area contributed by atoms with Crippen LogP contribution in [0.4, 0.5) is 0 Å². The molecule has 0 aliphatic heterocycles. The standard InChI is InChI=1S/C55H38ClO/c56-51-34-20-19-33-50(51)55(46-29-15-5-16-30-46,47-31-17-6-18-32-47)57-54-52(44-25-11-3-12-26-44)48(42-23-9-2-10-24-42)39-49(53(54)45-27-13-4-14-28-45)43-37-35-41(36-38-43)40-21-7-1-8-22-40/h1-38H. The van der Waals surface area contributed by atoms with E-state index in [0.717, 1.165) is 72.5 Å². The first-order valence-electron chi connectivity index (χ1n) is 19.2. The van der Waals surface area contributed by atoms with Crippen LogP contribution in [0.3, 0.4) is 0 Å². The summed E-state index contributed by atoms with van der Waals surface area (Å²) < 4.78 is 8.13. The minimum Gasteiger partial charge on any atom is -0.472 e. The zero-order valence-corrected chi connectivity index (χ0v) is 32.0. The lowest BCUT2D eigenvalue weighted by atomic mass is 9.79. The number of hydrogen-bond donors (Lipinski definition) is 0. The topological polar surface area (TPSA) is 9.23 Å². The Kier molecular flexibility index (Phi) is 10.1. The van der Waals surface area contributed by atoms with Crippen molar-refractivity contribution in [2.75, 3.05) is 0 Å². The molecule has 0 saturated carbocycles. The molecule has 0 aliphatic carbocycles. The van der Waals surface area contributed by atoms with Crippen molar-refractivity contribution in [3.63, 3.8) is 0 Å². The molecule has 1 radical (unpaired) electrons. The third kappa shape index (κ3) is 6.95. The van der Waals surface area contributed by atoms with E-state index in [4.69, 9.17) is 16.3 Å². The summed E-state index contributed by atoms with van der Waals surface area (Å²) in [6.07, 6.45) is 0. The summed E-state index contributed by atoms with van der Waals surface area (Å²) in [5.74, 6) is 0.722. The van der Waals surface area contributed by atoms with Crippen molar-refractivity contribution in [3.05, 3.63) is 258 Å². The molecule has 0 fully saturated rings. The van der Waals surface area contributed by atoms with Crippen LogP contribution in [0.1, 0.15) is 16.7 Å². The Balaban J connectivity index is 1.45. The first-order chi connectivity index (χ1) is 28.2. The van der Waals surface area contributed by atoms with Gasteiger partial charge in [-0.3, -0.25) is 0 Å². The van der Waals surface area contributed by atoms with E-state index in [9.17, 15) is 0 Å². The Morgan fingerprint density at radius 3 is 1.12 bits per heavy atom. The highest BCUT2D eigenvalue weighted by atomic mass is 35.5. The molecule has 0 heterocycles. The van der Waals surface area contributed by atoms with Crippen LogP contribution in [0.2, 0.25) is 5.02 Å². The van der Waals surface area contributed by atoms with E-state index in [-0.39, 0.29) is 0 Å². The first kappa shape index (κ1) is 35.8. The zero-order valence-electron chi connectivity index (χ0n) is 31.2. The third-order valence-corrected chi connectivity index (χ3v) is 10.9. The van der Waals surface area contributed by atoms with Crippen molar-refractivity contribution in [3.8, 4) is 61.4 Å². The third-order valence-electron chi connectivity index (χ3n) is 10.5. The minimum atomic E-state index is -1.18. The number of ether oxygens (including phenoxy) is 1. The fourth-order valence-electron chi connectivity index (χ4n) is 7.86. The zero-order chi connectivity index (χ0) is 38.4. The van der Waals surface area contributed by atoms with Gasteiger partial charge >= 0.3 is 0 Å². The molecule has 2 heteroatoms. The quantitative estimate of drug-likeness (QED) is 0.127. The van der Waals surface area contributed by atoms with E-state index >= 15 is 0 Å². The van der Waals surface area contributed by atoms with Gasteiger partial charge in [0.2, 0.25) is 0 Å². The lowest BCUT2D eigenvalue weighted by Gasteiger charge is -2.39. The maximum Gasteiger partial charge on any atom is 0.186 e. The second-order valence-corrected chi connectivity index (χ2v) is 14.4. The van der Waals surface area contributed by atoms with Crippen LogP contribution in [0.5, 0.6) is 5.75 Å². The highest BCUT2D eigenvalue weighted by Crippen LogP contribution is 2.54. The minimum absolute atomic E-state index is 0.607. The van der Waals surface area contributed by atoms with Crippen molar-refractivity contribution < 1.29 is 4.74 Å². The second-order valence-electron chi connectivity index (χ2n) is 14.0. The van der Waals surface area contributed by atoms with E-state index < -0.39 is 5.60 Å². The van der Waals surface area contributed by atoms with Gasteiger partial charge in [-0.25, -0.2) is 0 Å². The van der Waals surface area contributed by atoms with Crippen LogP contribution in [0, 0.1) is 6.07 Å². The van der Waals surface area contributed by atoms with Gasteiger partial charge in [0, 0.05) is 50.0 Å². The molecule has 0 N–H and O–H groups in total. The number of benzene rings is 9. The molecule has 0 saturated heterocycles. The Hall–Kier alpha value is -6.93. The van der Waals surface area contributed by atoms with E-state index in [1.54, 1.807) is 0 Å². The fraction of sp³-hybridized carbons (Fsp3) is 0.0182. The largest absolute Gasteiger partial charge is 0.472 e. The summed E-state index contributed by atoms with van der Waals surface area (Å²) in [6, 6.07) is 83.9. The maximum atomic E-state index is 8.13. The van der Waals surface area contributed by atoms with Crippen LogP contribution in [-0.2, 0) is 5.60 Å². The predicted octanol–water partition coefficient (Wildman–Crippen LogP) is 14.8. The highest BCUT2D eigenvalue weighted by Gasteiger charge is 2.42. The van der Waals surface area contributed by atoms with Crippen molar-refractivity contribution in [1.82, 2.24) is 0 Å². The fourth-order valence-corrected chi connectivity index (χ4v) is 8.13. The molecule has 0 aliphatic rings. The molecule has 0 amide bonds. The Morgan fingerprint density at radius 1 is 0.333 bits per heavy atom. The van der Waals surface area contributed by atoms with Gasteiger partial charge in [0.15, 0.2) is 5.60 Å². The van der Waals surface area contributed by atoms with Crippen molar-refractivity contribution in [2.45, 2.75) is 5.60 Å². The Bertz CT molecular complexity index is 2670. The molecule has 0 bridgehead atoms. The van der Waals surface area contributed by atoms with Gasteiger partial charge in [0.05, 0.1) is 0 Å². The van der Waals surface area contributed by atoms with Crippen LogP contribution in [0.15, 0.2) is 231 Å². The SMILES string of the molecule is Clc1ccccc1C(Oc1c(-c2ccccc2)c(-c2ccccc2)[c]c(-c2ccc(-c3ccccc3)cc2)c1-c1ccccc1)(c1ccccc1)c1ccccc1. The average molecular weight is 750 g/mol. The van der Waals surface area contributed by atoms with Crippen LogP contribution in [-0.4, -0.2) is 0 Å². The summed E-state index contributed by atoms with van der Waals surface area (Å²) in [5.41, 5.74) is 11.7. The molecule has 1 nitrogen and oxygen atoms in total. The van der Waals surface area contributed by atoms with Gasteiger partial charge in [-0.1, -0.05) is 236 Å². The van der Waals surface area contributed by atoms with Gasteiger partial charge < -0.3 is 4.74 Å². The molecular weight excluding hydrogens is 712 g/mol.